The highest BCUT2D eigenvalue weighted by Crippen LogP contribution is 2.50. The second-order valence-electron chi connectivity index (χ2n) is 4.89. The Balaban J connectivity index is 2.27. The number of rotatable bonds is 4. The Morgan fingerprint density at radius 3 is 2.56 bits per heavy atom. The van der Waals surface area contributed by atoms with E-state index in [1.807, 2.05) is 11.8 Å². The summed E-state index contributed by atoms with van der Waals surface area (Å²) < 4.78 is 5.97. The first-order valence-electron chi connectivity index (χ1n) is 6.05. The first-order chi connectivity index (χ1) is 8.49. The fraction of sp³-hybridized carbons (Fsp3) is 0.500. The third-order valence-corrected chi connectivity index (χ3v) is 5.17. The van der Waals surface area contributed by atoms with E-state index in [-0.39, 0.29) is 11.4 Å². The van der Waals surface area contributed by atoms with Gasteiger partial charge in [0.15, 0.2) is 0 Å². The van der Waals surface area contributed by atoms with E-state index in [0.29, 0.717) is 5.25 Å². The summed E-state index contributed by atoms with van der Waals surface area (Å²) in [5, 5.41) is 0.544. The largest absolute Gasteiger partial charge is 0.468 e. The average molecular weight is 329 g/mol. The van der Waals surface area contributed by atoms with E-state index in [1.165, 1.54) is 12.0 Å². The van der Waals surface area contributed by atoms with Crippen LogP contribution in [-0.4, -0.2) is 18.3 Å². The van der Waals surface area contributed by atoms with E-state index in [9.17, 15) is 4.79 Å². The highest BCUT2D eigenvalue weighted by atomic mass is 79.9. The number of methoxy groups -OCH3 is 1. The monoisotopic (exact) mass is 328 g/mol. The summed E-state index contributed by atoms with van der Waals surface area (Å²) in [6, 6.07) is 6.21. The summed E-state index contributed by atoms with van der Waals surface area (Å²) in [6.07, 6.45) is 1.78. The van der Waals surface area contributed by atoms with Gasteiger partial charge >= 0.3 is 5.97 Å². The molecule has 0 spiro atoms. The summed E-state index contributed by atoms with van der Waals surface area (Å²) >= 11 is 5.41. The first-order valence-corrected chi connectivity index (χ1v) is 7.72. The molecule has 0 radical (unpaired) electrons. The van der Waals surface area contributed by atoms with E-state index in [4.69, 9.17) is 4.74 Å². The Morgan fingerprint density at radius 2 is 2.11 bits per heavy atom. The van der Waals surface area contributed by atoms with E-state index in [2.05, 4.69) is 48.0 Å². The lowest BCUT2D eigenvalue weighted by molar-refractivity contribution is -0.143. The lowest BCUT2D eigenvalue weighted by Gasteiger charge is -2.15. The zero-order chi connectivity index (χ0) is 13.3. The quantitative estimate of drug-likeness (QED) is 0.613. The van der Waals surface area contributed by atoms with E-state index < -0.39 is 0 Å². The normalized spacial score (nSPS) is 16.7. The molecule has 0 amide bonds. The van der Waals surface area contributed by atoms with Gasteiger partial charge in [0.2, 0.25) is 0 Å². The van der Waals surface area contributed by atoms with Crippen LogP contribution in [0.4, 0.5) is 0 Å². The van der Waals surface area contributed by atoms with Crippen molar-refractivity contribution in [3.63, 3.8) is 0 Å². The number of hydrogen-bond donors (Lipinski definition) is 0. The number of esters is 1. The Kier molecular flexibility index (Phi) is 4.07. The molecular weight excluding hydrogens is 312 g/mol. The third-order valence-electron chi connectivity index (χ3n) is 3.17. The van der Waals surface area contributed by atoms with Crippen LogP contribution in [0.25, 0.3) is 0 Å². The van der Waals surface area contributed by atoms with Gasteiger partial charge in [-0.15, -0.1) is 11.8 Å². The van der Waals surface area contributed by atoms with Gasteiger partial charge < -0.3 is 4.74 Å². The number of halogens is 1. The van der Waals surface area contributed by atoms with Gasteiger partial charge in [-0.05, 0) is 46.5 Å². The minimum atomic E-state index is -0.377. The van der Waals surface area contributed by atoms with Crippen LogP contribution in [-0.2, 0) is 14.9 Å². The van der Waals surface area contributed by atoms with Crippen LogP contribution >= 0.6 is 27.7 Å². The van der Waals surface area contributed by atoms with Crippen LogP contribution in [0, 0.1) is 0 Å². The molecule has 1 aliphatic carbocycles. The Bertz CT molecular complexity index is 467. The van der Waals surface area contributed by atoms with Gasteiger partial charge in [-0.2, -0.15) is 0 Å². The van der Waals surface area contributed by atoms with Gasteiger partial charge in [0.05, 0.1) is 12.5 Å². The van der Waals surface area contributed by atoms with Gasteiger partial charge in [-0.1, -0.05) is 19.9 Å². The van der Waals surface area contributed by atoms with Crippen molar-refractivity contribution in [2.45, 2.75) is 42.2 Å². The summed E-state index contributed by atoms with van der Waals surface area (Å²) in [7, 11) is 1.46. The molecule has 0 unspecified atom stereocenters. The Labute approximate surface area is 121 Å². The van der Waals surface area contributed by atoms with Crippen molar-refractivity contribution in [3.05, 3.63) is 28.2 Å². The van der Waals surface area contributed by atoms with E-state index in [1.54, 1.807) is 0 Å². The predicted octanol–water partition coefficient (Wildman–Crippen LogP) is 4.15. The van der Waals surface area contributed by atoms with Crippen molar-refractivity contribution in [1.82, 2.24) is 0 Å². The minimum absolute atomic E-state index is 0.112. The van der Waals surface area contributed by atoms with Crippen molar-refractivity contribution in [3.8, 4) is 0 Å². The molecule has 1 saturated carbocycles. The molecule has 4 heteroatoms. The number of benzene rings is 1. The number of hydrogen-bond acceptors (Lipinski definition) is 3. The number of carbonyl (C=O) groups excluding carboxylic acids is 1. The van der Waals surface area contributed by atoms with Crippen molar-refractivity contribution in [2.75, 3.05) is 7.11 Å². The zero-order valence-corrected chi connectivity index (χ0v) is 13.2. The Morgan fingerprint density at radius 1 is 1.44 bits per heavy atom. The van der Waals surface area contributed by atoms with Crippen molar-refractivity contribution < 1.29 is 9.53 Å². The third kappa shape index (κ3) is 2.59. The average Bonchev–Trinajstić information content (AvgIpc) is 3.11. The second-order valence-corrected chi connectivity index (χ2v) is 7.36. The Hall–Kier alpha value is -0.480. The highest BCUT2D eigenvalue weighted by Gasteiger charge is 2.52. The lowest BCUT2D eigenvalue weighted by atomic mass is 9.96. The van der Waals surface area contributed by atoms with Crippen LogP contribution in [0.2, 0.25) is 0 Å². The molecule has 2 nitrogen and oxygen atoms in total. The van der Waals surface area contributed by atoms with E-state index >= 15 is 0 Å². The molecule has 0 N–H and O–H groups in total. The molecule has 0 aliphatic heterocycles. The number of ether oxygens (including phenoxy) is 1. The summed E-state index contributed by atoms with van der Waals surface area (Å²) in [5.41, 5.74) is 0.688. The SMILES string of the molecule is COC(=O)C1(c2ccc(SC(C)C)c(Br)c2)CC1. The van der Waals surface area contributed by atoms with Crippen molar-refractivity contribution in [2.24, 2.45) is 0 Å². The lowest BCUT2D eigenvalue weighted by Crippen LogP contribution is -2.21. The molecule has 2 rings (SSSR count). The molecule has 1 aliphatic rings. The summed E-state index contributed by atoms with van der Waals surface area (Å²) in [6.45, 7) is 4.34. The molecule has 0 atom stereocenters. The molecule has 0 heterocycles. The molecule has 1 fully saturated rings. The second kappa shape index (κ2) is 5.25. The van der Waals surface area contributed by atoms with Gasteiger partial charge in [-0.25, -0.2) is 0 Å². The summed E-state index contributed by atoms with van der Waals surface area (Å²) in [4.78, 5) is 13.0. The van der Waals surface area contributed by atoms with Gasteiger partial charge in [0.25, 0.3) is 0 Å². The van der Waals surface area contributed by atoms with Gasteiger partial charge in [-0.3, -0.25) is 4.79 Å². The number of thioether (sulfide) groups is 1. The number of carbonyl (C=O) groups is 1. The molecular formula is C14H17BrO2S. The van der Waals surface area contributed by atoms with Crippen LogP contribution in [0.1, 0.15) is 32.3 Å². The highest BCUT2D eigenvalue weighted by molar-refractivity contribution is 9.10. The topological polar surface area (TPSA) is 26.3 Å². The molecule has 1 aromatic carbocycles. The fourth-order valence-corrected chi connectivity index (χ4v) is 3.56. The first kappa shape index (κ1) is 13.9. The fourth-order valence-electron chi connectivity index (χ4n) is 2.08. The molecule has 1 aromatic rings. The molecule has 0 saturated heterocycles. The standard InChI is InChI=1S/C14H17BrO2S/c1-9(2)18-12-5-4-10(8-11(12)15)14(6-7-14)13(16)17-3/h4-5,8-9H,6-7H2,1-3H3. The smallest absolute Gasteiger partial charge is 0.316 e. The maximum Gasteiger partial charge on any atom is 0.316 e. The van der Waals surface area contributed by atoms with Crippen LogP contribution in [0.15, 0.2) is 27.6 Å². The molecule has 0 bridgehead atoms. The maximum atomic E-state index is 11.8. The van der Waals surface area contributed by atoms with Crippen molar-refractivity contribution >= 4 is 33.7 Å². The van der Waals surface area contributed by atoms with Crippen LogP contribution in [0.3, 0.4) is 0 Å². The molecule has 0 aromatic heterocycles. The van der Waals surface area contributed by atoms with E-state index in [0.717, 1.165) is 22.9 Å². The van der Waals surface area contributed by atoms with Crippen molar-refractivity contribution in [1.29, 1.82) is 0 Å². The minimum Gasteiger partial charge on any atom is -0.468 e. The van der Waals surface area contributed by atoms with Gasteiger partial charge in [0.1, 0.15) is 0 Å². The predicted molar refractivity (Wildman–Crippen MR) is 78.1 cm³/mol. The van der Waals surface area contributed by atoms with Crippen LogP contribution in [0.5, 0.6) is 0 Å². The van der Waals surface area contributed by atoms with Gasteiger partial charge in [0, 0.05) is 14.6 Å². The molecule has 98 valence electrons. The van der Waals surface area contributed by atoms with Crippen LogP contribution < -0.4 is 0 Å². The summed E-state index contributed by atoms with van der Waals surface area (Å²) in [5.74, 6) is -0.112. The molecule has 18 heavy (non-hydrogen) atoms. The zero-order valence-electron chi connectivity index (χ0n) is 10.8. The maximum absolute atomic E-state index is 11.8.